The first-order valence-corrected chi connectivity index (χ1v) is 6.24. The van der Waals surface area contributed by atoms with E-state index in [0.717, 1.165) is 11.3 Å². The number of nitrogens with zero attached hydrogens (tertiary/aromatic N) is 2. The molecule has 1 aromatic heterocycles. The van der Waals surface area contributed by atoms with Crippen LogP contribution < -0.4 is 5.73 Å². The quantitative estimate of drug-likeness (QED) is 0.858. The van der Waals surface area contributed by atoms with E-state index in [2.05, 4.69) is 41.7 Å². The maximum atomic E-state index is 6.13. The Morgan fingerprint density at radius 2 is 2.12 bits per heavy atom. The third kappa shape index (κ3) is 1.42. The lowest BCUT2D eigenvalue weighted by atomic mass is 9.89. The van der Waals surface area contributed by atoms with Crippen LogP contribution in [-0.2, 0) is 12.5 Å². The van der Waals surface area contributed by atoms with Crippen molar-refractivity contribution in [3.8, 4) is 0 Å². The van der Waals surface area contributed by atoms with Crippen molar-refractivity contribution in [2.75, 3.05) is 0 Å². The van der Waals surface area contributed by atoms with Crippen LogP contribution in [0.5, 0.6) is 0 Å². The summed E-state index contributed by atoms with van der Waals surface area (Å²) in [5.74, 6) is 1.06. The molecule has 17 heavy (non-hydrogen) atoms. The summed E-state index contributed by atoms with van der Waals surface area (Å²) in [6.45, 7) is 4.16. The van der Waals surface area contributed by atoms with Crippen LogP contribution in [0.15, 0.2) is 18.2 Å². The summed E-state index contributed by atoms with van der Waals surface area (Å²) in [6, 6.07) is 6.82. The molecule has 0 radical (unpaired) electrons. The minimum absolute atomic E-state index is 0.229. The van der Waals surface area contributed by atoms with Gasteiger partial charge in [0.25, 0.3) is 0 Å². The van der Waals surface area contributed by atoms with Gasteiger partial charge in [-0.1, -0.05) is 6.07 Å². The first-order chi connectivity index (χ1) is 8.04. The van der Waals surface area contributed by atoms with Crippen molar-refractivity contribution in [2.45, 2.75) is 38.1 Å². The van der Waals surface area contributed by atoms with E-state index in [-0.39, 0.29) is 11.5 Å². The van der Waals surface area contributed by atoms with Crippen molar-refractivity contribution in [1.29, 1.82) is 0 Å². The zero-order chi connectivity index (χ0) is 12.2. The molecule has 0 amide bonds. The molecule has 2 N–H and O–H groups in total. The van der Waals surface area contributed by atoms with Crippen molar-refractivity contribution in [1.82, 2.24) is 9.55 Å². The van der Waals surface area contributed by atoms with Crippen LogP contribution in [0.3, 0.4) is 0 Å². The second-order valence-corrected chi connectivity index (χ2v) is 5.37. The molecular weight excluding hydrogens is 210 g/mol. The molecule has 0 bridgehead atoms. The molecule has 1 heterocycles. The third-order valence-electron chi connectivity index (χ3n) is 4.34. The molecule has 1 aliphatic rings. The number of aromatic nitrogens is 2. The van der Waals surface area contributed by atoms with Crippen LogP contribution in [0, 0.1) is 6.92 Å². The van der Waals surface area contributed by atoms with Gasteiger partial charge in [-0.2, -0.15) is 0 Å². The highest BCUT2D eigenvalue weighted by atomic mass is 15.0. The van der Waals surface area contributed by atoms with Gasteiger partial charge in [-0.05, 0) is 44.4 Å². The van der Waals surface area contributed by atoms with Crippen molar-refractivity contribution >= 4 is 11.0 Å². The Hall–Kier alpha value is -1.35. The standard InChI is InChI=1S/C14H19N3/c1-9(15)14(6-7-14)11-4-5-12-13(8-11)17(3)10(2)16-12/h4-5,8-9H,6-7,15H2,1-3H3. The molecule has 1 aliphatic carbocycles. The molecule has 3 nitrogen and oxygen atoms in total. The van der Waals surface area contributed by atoms with Crippen LogP contribution in [0.2, 0.25) is 0 Å². The van der Waals surface area contributed by atoms with Gasteiger partial charge >= 0.3 is 0 Å². The van der Waals surface area contributed by atoms with E-state index in [4.69, 9.17) is 5.73 Å². The Bertz CT molecular complexity index is 576. The van der Waals surface area contributed by atoms with E-state index in [0.29, 0.717) is 0 Å². The summed E-state index contributed by atoms with van der Waals surface area (Å²) in [6.07, 6.45) is 2.43. The first kappa shape index (κ1) is 10.8. The second-order valence-electron chi connectivity index (χ2n) is 5.37. The van der Waals surface area contributed by atoms with E-state index < -0.39 is 0 Å². The lowest BCUT2D eigenvalue weighted by Crippen LogP contribution is -2.31. The van der Waals surface area contributed by atoms with Gasteiger partial charge in [0.1, 0.15) is 5.82 Å². The maximum Gasteiger partial charge on any atom is 0.106 e. The summed E-state index contributed by atoms with van der Waals surface area (Å²) in [4.78, 5) is 4.53. The zero-order valence-electron chi connectivity index (χ0n) is 10.7. The van der Waals surface area contributed by atoms with E-state index in [1.54, 1.807) is 0 Å². The Morgan fingerprint density at radius 3 is 2.71 bits per heavy atom. The SMILES string of the molecule is Cc1nc2ccc(C3(C(C)N)CC3)cc2n1C. The molecule has 1 fully saturated rings. The number of rotatable bonds is 2. The van der Waals surface area contributed by atoms with Crippen LogP contribution in [0.25, 0.3) is 11.0 Å². The number of benzene rings is 1. The Kier molecular flexibility index (Phi) is 2.11. The molecule has 0 spiro atoms. The highest BCUT2D eigenvalue weighted by Gasteiger charge is 2.47. The zero-order valence-corrected chi connectivity index (χ0v) is 10.7. The smallest absolute Gasteiger partial charge is 0.106 e. The summed E-state index contributed by atoms with van der Waals surface area (Å²) in [5.41, 5.74) is 10.0. The molecule has 90 valence electrons. The van der Waals surface area contributed by atoms with Gasteiger partial charge < -0.3 is 10.3 Å². The second kappa shape index (κ2) is 3.33. The van der Waals surface area contributed by atoms with Crippen LogP contribution in [0.1, 0.15) is 31.2 Å². The minimum Gasteiger partial charge on any atom is -0.331 e. The van der Waals surface area contributed by atoms with Gasteiger partial charge in [0, 0.05) is 18.5 Å². The molecule has 0 aliphatic heterocycles. The van der Waals surface area contributed by atoms with E-state index >= 15 is 0 Å². The molecule has 1 saturated carbocycles. The highest BCUT2D eigenvalue weighted by molar-refractivity contribution is 5.77. The van der Waals surface area contributed by atoms with Gasteiger partial charge in [0.05, 0.1) is 11.0 Å². The lowest BCUT2D eigenvalue weighted by Gasteiger charge is -2.20. The molecule has 1 atom stereocenters. The molecule has 1 aromatic carbocycles. The largest absolute Gasteiger partial charge is 0.331 e. The van der Waals surface area contributed by atoms with Crippen LogP contribution in [-0.4, -0.2) is 15.6 Å². The van der Waals surface area contributed by atoms with E-state index in [9.17, 15) is 0 Å². The average Bonchev–Trinajstić information content (AvgIpc) is 3.05. The first-order valence-electron chi connectivity index (χ1n) is 6.24. The number of hydrogen-bond acceptors (Lipinski definition) is 2. The molecular formula is C14H19N3. The maximum absolute atomic E-state index is 6.13. The Labute approximate surface area is 102 Å². The Balaban J connectivity index is 2.17. The van der Waals surface area contributed by atoms with Gasteiger partial charge in [0.2, 0.25) is 0 Å². The number of nitrogens with two attached hydrogens (primary N) is 1. The molecule has 2 aromatic rings. The molecule has 1 unspecified atom stereocenters. The summed E-state index contributed by atoms with van der Waals surface area (Å²) in [7, 11) is 2.07. The van der Waals surface area contributed by atoms with E-state index in [1.165, 1.54) is 23.9 Å². The topological polar surface area (TPSA) is 43.8 Å². The number of hydrogen-bond donors (Lipinski definition) is 1. The fraction of sp³-hybridized carbons (Fsp3) is 0.500. The minimum atomic E-state index is 0.229. The monoisotopic (exact) mass is 229 g/mol. The predicted octanol–water partition coefficient (Wildman–Crippen LogP) is 2.26. The fourth-order valence-electron chi connectivity index (χ4n) is 2.76. The van der Waals surface area contributed by atoms with Gasteiger partial charge in [-0.15, -0.1) is 0 Å². The van der Waals surface area contributed by atoms with Gasteiger partial charge in [-0.25, -0.2) is 4.98 Å². The van der Waals surface area contributed by atoms with Gasteiger partial charge in [-0.3, -0.25) is 0 Å². The third-order valence-corrected chi connectivity index (χ3v) is 4.34. The number of imidazole rings is 1. The average molecular weight is 229 g/mol. The summed E-state index contributed by atoms with van der Waals surface area (Å²) >= 11 is 0. The summed E-state index contributed by atoms with van der Waals surface area (Å²) in [5, 5.41) is 0. The Morgan fingerprint density at radius 1 is 1.41 bits per heavy atom. The van der Waals surface area contributed by atoms with Crippen molar-refractivity contribution in [3.63, 3.8) is 0 Å². The van der Waals surface area contributed by atoms with Crippen LogP contribution >= 0.6 is 0 Å². The van der Waals surface area contributed by atoms with Crippen molar-refractivity contribution < 1.29 is 0 Å². The fourth-order valence-corrected chi connectivity index (χ4v) is 2.76. The predicted molar refractivity (Wildman–Crippen MR) is 70.0 cm³/mol. The molecule has 3 heteroatoms. The highest BCUT2D eigenvalue weighted by Crippen LogP contribution is 2.50. The number of fused-ring (bicyclic) bond motifs is 1. The molecule has 3 rings (SSSR count). The summed E-state index contributed by atoms with van der Waals surface area (Å²) < 4.78 is 2.15. The van der Waals surface area contributed by atoms with Gasteiger partial charge in [0.15, 0.2) is 0 Å². The van der Waals surface area contributed by atoms with E-state index in [1.807, 2.05) is 6.92 Å². The van der Waals surface area contributed by atoms with Crippen LogP contribution in [0.4, 0.5) is 0 Å². The number of aryl methyl sites for hydroxylation is 2. The normalized spacial score (nSPS) is 19.5. The lowest BCUT2D eigenvalue weighted by molar-refractivity contribution is 0.557. The molecule has 0 saturated heterocycles. The van der Waals surface area contributed by atoms with Crippen molar-refractivity contribution in [2.24, 2.45) is 12.8 Å². The van der Waals surface area contributed by atoms with Crippen molar-refractivity contribution in [3.05, 3.63) is 29.6 Å².